The number of likely N-dealkylation sites (N-methyl/N-ethyl adjacent to an activating group) is 1. The Balaban J connectivity index is 1.80. The summed E-state index contributed by atoms with van der Waals surface area (Å²) in [6, 6.07) is 0.640. The standard InChI is InChI=1S/C18H33N3O3/c1-3-14-6-4-7-15(12-14)19-18(24)21-10-5-8-16(9-11-21)20(2)13-17(22)23/h14-16H,3-13H2,1-2H3,(H,19,24)(H,22,23). The summed E-state index contributed by atoms with van der Waals surface area (Å²) in [5.74, 6) is -0.0404. The van der Waals surface area contributed by atoms with E-state index in [4.69, 9.17) is 5.11 Å². The minimum atomic E-state index is -0.792. The molecule has 1 heterocycles. The van der Waals surface area contributed by atoms with E-state index in [-0.39, 0.29) is 18.6 Å². The number of hydrogen-bond acceptors (Lipinski definition) is 3. The Labute approximate surface area is 145 Å². The fourth-order valence-corrected chi connectivity index (χ4v) is 4.12. The highest BCUT2D eigenvalue weighted by atomic mass is 16.4. The number of nitrogens with zero attached hydrogens (tertiary/aromatic N) is 2. The predicted molar refractivity (Wildman–Crippen MR) is 94.0 cm³/mol. The van der Waals surface area contributed by atoms with Crippen molar-refractivity contribution in [3.8, 4) is 0 Å². The molecule has 1 aliphatic carbocycles. The van der Waals surface area contributed by atoms with E-state index in [1.54, 1.807) is 0 Å². The van der Waals surface area contributed by atoms with Crippen LogP contribution in [0.3, 0.4) is 0 Å². The second-order valence-corrected chi connectivity index (χ2v) is 7.47. The highest BCUT2D eigenvalue weighted by molar-refractivity contribution is 5.74. The number of hydrogen-bond donors (Lipinski definition) is 2. The van der Waals surface area contributed by atoms with Crippen molar-refractivity contribution in [1.29, 1.82) is 0 Å². The molecule has 2 amide bonds. The lowest BCUT2D eigenvalue weighted by molar-refractivity contribution is -0.138. The fourth-order valence-electron chi connectivity index (χ4n) is 4.12. The molecule has 2 rings (SSSR count). The highest BCUT2D eigenvalue weighted by Crippen LogP contribution is 2.26. The summed E-state index contributed by atoms with van der Waals surface area (Å²) in [7, 11) is 1.86. The minimum Gasteiger partial charge on any atom is -0.480 e. The van der Waals surface area contributed by atoms with E-state index in [1.807, 2.05) is 16.8 Å². The molecule has 3 atom stereocenters. The Morgan fingerprint density at radius 2 is 1.96 bits per heavy atom. The van der Waals surface area contributed by atoms with Crippen LogP contribution in [0.4, 0.5) is 4.79 Å². The van der Waals surface area contributed by atoms with Crippen LogP contribution < -0.4 is 5.32 Å². The van der Waals surface area contributed by atoms with E-state index in [2.05, 4.69) is 12.2 Å². The number of nitrogens with one attached hydrogen (secondary N) is 1. The van der Waals surface area contributed by atoms with Crippen molar-refractivity contribution in [2.45, 2.75) is 70.4 Å². The molecular weight excluding hydrogens is 306 g/mol. The molecule has 6 nitrogen and oxygen atoms in total. The second-order valence-electron chi connectivity index (χ2n) is 7.47. The minimum absolute atomic E-state index is 0.0668. The SMILES string of the molecule is CCC1CCCC(NC(=O)N2CCCC(N(C)CC(=O)O)CC2)C1. The van der Waals surface area contributed by atoms with Crippen LogP contribution in [0.5, 0.6) is 0 Å². The van der Waals surface area contributed by atoms with Gasteiger partial charge in [0.15, 0.2) is 0 Å². The van der Waals surface area contributed by atoms with Crippen molar-refractivity contribution >= 4 is 12.0 Å². The number of likely N-dealkylation sites (tertiary alicyclic amines) is 1. The summed E-state index contributed by atoms with van der Waals surface area (Å²) in [6.07, 6.45) is 8.65. The molecule has 0 radical (unpaired) electrons. The van der Waals surface area contributed by atoms with E-state index < -0.39 is 5.97 Å². The number of amides is 2. The summed E-state index contributed by atoms with van der Waals surface area (Å²) < 4.78 is 0. The molecule has 24 heavy (non-hydrogen) atoms. The molecule has 0 aromatic heterocycles. The van der Waals surface area contributed by atoms with Crippen molar-refractivity contribution in [2.24, 2.45) is 5.92 Å². The van der Waals surface area contributed by atoms with E-state index in [0.717, 1.165) is 44.6 Å². The van der Waals surface area contributed by atoms with Crippen LogP contribution in [0.2, 0.25) is 0 Å². The van der Waals surface area contributed by atoms with Crippen molar-refractivity contribution in [2.75, 3.05) is 26.7 Å². The molecule has 6 heteroatoms. The Hall–Kier alpha value is -1.30. The second kappa shape index (κ2) is 9.25. The zero-order valence-electron chi connectivity index (χ0n) is 15.2. The largest absolute Gasteiger partial charge is 0.480 e. The fraction of sp³-hybridized carbons (Fsp3) is 0.889. The summed E-state index contributed by atoms with van der Waals surface area (Å²) >= 11 is 0. The first kappa shape index (κ1) is 19.0. The van der Waals surface area contributed by atoms with Gasteiger partial charge in [0.25, 0.3) is 0 Å². The predicted octanol–water partition coefficient (Wildman–Crippen LogP) is 2.54. The summed E-state index contributed by atoms with van der Waals surface area (Å²) in [6.45, 7) is 3.78. The number of rotatable bonds is 5. The number of carboxylic acids is 1. The van der Waals surface area contributed by atoms with Gasteiger partial charge in [0.05, 0.1) is 6.54 Å². The topological polar surface area (TPSA) is 72.9 Å². The van der Waals surface area contributed by atoms with Gasteiger partial charge in [0.1, 0.15) is 0 Å². The van der Waals surface area contributed by atoms with Crippen molar-refractivity contribution in [1.82, 2.24) is 15.1 Å². The molecule has 3 unspecified atom stereocenters. The molecule has 2 aliphatic rings. The van der Waals surface area contributed by atoms with E-state index >= 15 is 0 Å². The van der Waals surface area contributed by atoms with Gasteiger partial charge in [-0.1, -0.05) is 26.2 Å². The molecule has 0 aromatic rings. The third kappa shape index (κ3) is 5.65. The van der Waals surface area contributed by atoms with Gasteiger partial charge in [0.2, 0.25) is 0 Å². The van der Waals surface area contributed by atoms with Gasteiger partial charge >= 0.3 is 12.0 Å². The van der Waals surface area contributed by atoms with Gasteiger partial charge in [0, 0.05) is 25.2 Å². The molecule has 2 fully saturated rings. The lowest BCUT2D eigenvalue weighted by atomic mass is 9.84. The van der Waals surface area contributed by atoms with Gasteiger partial charge in [-0.25, -0.2) is 4.79 Å². The number of carboxylic acid groups (broad SMARTS) is 1. The first-order chi connectivity index (χ1) is 11.5. The molecule has 1 saturated carbocycles. The first-order valence-electron chi connectivity index (χ1n) is 9.47. The Morgan fingerprint density at radius 3 is 2.67 bits per heavy atom. The zero-order valence-corrected chi connectivity index (χ0v) is 15.2. The monoisotopic (exact) mass is 339 g/mol. The van der Waals surface area contributed by atoms with Crippen LogP contribution in [0.15, 0.2) is 0 Å². The van der Waals surface area contributed by atoms with E-state index in [1.165, 1.54) is 19.3 Å². The number of carbonyl (C=O) groups excluding carboxylic acids is 1. The molecule has 0 bridgehead atoms. The van der Waals surface area contributed by atoms with Crippen LogP contribution in [-0.4, -0.2) is 65.7 Å². The van der Waals surface area contributed by atoms with Crippen molar-refractivity contribution in [3.63, 3.8) is 0 Å². The summed E-state index contributed by atoms with van der Waals surface area (Å²) in [5, 5.41) is 12.2. The third-order valence-corrected chi connectivity index (χ3v) is 5.68. The number of urea groups is 1. The summed E-state index contributed by atoms with van der Waals surface area (Å²) in [5.41, 5.74) is 0. The molecule has 138 valence electrons. The van der Waals surface area contributed by atoms with Gasteiger partial charge in [-0.3, -0.25) is 9.69 Å². The van der Waals surface area contributed by atoms with Crippen molar-refractivity contribution < 1.29 is 14.7 Å². The number of aliphatic carboxylic acids is 1. The normalized spacial score (nSPS) is 28.5. The van der Waals surface area contributed by atoms with Crippen molar-refractivity contribution in [3.05, 3.63) is 0 Å². The molecule has 2 N–H and O–H groups in total. The van der Waals surface area contributed by atoms with Gasteiger partial charge < -0.3 is 15.3 Å². The third-order valence-electron chi connectivity index (χ3n) is 5.68. The van der Waals surface area contributed by atoms with E-state index in [9.17, 15) is 9.59 Å². The first-order valence-corrected chi connectivity index (χ1v) is 9.47. The number of carbonyl (C=O) groups is 2. The molecule has 1 aliphatic heterocycles. The smallest absolute Gasteiger partial charge is 0.317 e. The van der Waals surface area contributed by atoms with Gasteiger partial charge in [-0.2, -0.15) is 0 Å². The van der Waals surface area contributed by atoms with Gasteiger partial charge in [-0.15, -0.1) is 0 Å². The van der Waals surface area contributed by atoms with Crippen LogP contribution in [0.1, 0.15) is 58.3 Å². The molecule has 0 aromatic carbocycles. The van der Waals surface area contributed by atoms with Crippen LogP contribution in [0.25, 0.3) is 0 Å². The molecule has 1 saturated heterocycles. The average Bonchev–Trinajstić information content (AvgIpc) is 2.80. The quantitative estimate of drug-likeness (QED) is 0.807. The van der Waals surface area contributed by atoms with Crippen LogP contribution in [0, 0.1) is 5.92 Å². The van der Waals surface area contributed by atoms with E-state index in [0.29, 0.717) is 12.6 Å². The Morgan fingerprint density at radius 1 is 1.17 bits per heavy atom. The lowest BCUT2D eigenvalue weighted by Crippen LogP contribution is -2.47. The maximum Gasteiger partial charge on any atom is 0.317 e. The maximum absolute atomic E-state index is 12.6. The van der Waals surface area contributed by atoms with Gasteiger partial charge in [-0.05, 0) is 45.1 Å². The van der Waals surface area contributed by atoms with Crippen LogP contribution >= 0.6 is 0 Å². The highest BCUT2D eigenvalue weighted by Gasteiger charge is 2.27. The molecule has 0 spiro atoms. The maximum atomic E-state index is 12.6. The Bertz CT molecular complexity index is 430. The van der Waals surface area contributed by atoms with Crippen LogP contribution in [-0.2, 0) is 4.79 Å². The Kier molecular flexibility index (Phi) is 7.34. The summed E-state index contributed by atoms with van der Waals surface area (Å²) in [4.78, 5) is 27.3. The molecular formula is C18H33N3O3. The lowest BCUT2D eigenvalue weighted by Gasteiger charge is -2.31. The average molecular weight is 339 g/mol. The zero-order chi connectivity index (χ0) is 17.5.